The number of carbonyl (C=O) groups is 1. The van der Waals surface area contributed by atoms with Crippen molar-refractivity contribution in [2.24, 2.45) is 0 Å². The summed E-state index contributed by atoms with van der Waals surface area (Å²) < 4.78 is 51.1. The highest BCUT2D eigenvalue weighted by atomic mass is 19.3. The van der Waals surface area contributed by atoms with Crippen molar-refractivity contribution in [3.05, 3.63) is 5.82 Å². The largest absolute Gasteiger partial charge is 0.479 e. The Labute approximate surface area is 98.6 Å². The van der Waals surface area contributed by atoms with Gasteiger partial charge in [0.1, 0.15) is 0 Å². The van der Waals surface area contributed by atoms with Crippen LogP contribution in [0.1, 0.15) is 26.1 Å². The first-order chi connectivity index (χ1) is 8.17. The third kappa shape index (κ3) is 2.02. The lowest BCUT2D eigenvalue weighted by atomic mass is 9.99. The Morgan fingerprint density at radius 2 is 2.06 bits per heavy atom. The highest BCUT2D eigenvalue weighted by Gasteiger charge is 2.51. The summed E-state index contributed by atoms with van der Waals surface area (Å²) >= 11 is 0. The van der Waals surface area contributed by atoms with Crippen molar-refractivity contribution in [1.29, 1.82) is 0 Å². The number of rotatable bonds is 5. The number of halogens is 4. The molecule has 0 aliphatic heterocycles. The monoisotopic (exact) mass is 270 g/mol. The molecule has 0 saturated heterocycles. The predicted octanol–water partition coefficient (Wildman–Crippen LogP) is 1.24. The van der Waals surface area contributed by atoms with Crippen molar-refractivity contribution in [2.75, 3.05) is 0 Å². The number of carboxylic acid groups (broad SMARTS) is 1. The number of hydrogen-bond donors (Lipinski definition) is 1. The molecule has 1 rings (SSSR count). The number of hydrogen-bond acceptors (Lipinski definition) is 4. The third-order valence-corrected chi connectivity index (χ3v) is 2.66. The summed E-state index contributed by atoms with van der Waals surface area (Å²) in [7, 11) is 0. The van der Waals surface area contributed by atoms with E-state index in [2.05, 4.69) is 15.5 Å². The number of aromatic nitrogens is 4. The standard InChI is InChI=1S/C8H10F4N4O2/c1-3-7(2,6(17)18)16-5(13-14-15-16)8(11,12)4(9)10/h4H,3H2,1-2H3,(H,17,18). The maximum Gasteiger partial charge on any atom is 0.367 e. The van der Waals surface area contributed by atoms with Gasteiger partial charge < -0.3 is 5.11 Å². The summed E-state index contributed by atoms with van der Waals surface area (Å²) in [5, 5.41) is 17.7. The molecule has 1 N–H and O–H groups in total. The van der Waals surface area contributed by atoms with Crippen molar-refractivity contribution >= 4 is 5.97 Å². The fourth-order valence-electron chi connectivity index (χ4n) is 1.22. The molecule has 1 atom stereocenters. The van der Waals surface area contributed by atoms with Crippen LogP contribution in [-0.2, 0) is 16.3 Å². The van der Waals surface area contributed by atoms with E-state index < -0.39 is 29.7 Å². The van der Waals surface area contributed by atoms with Crippen LogP contribution in [0, 0.1) is 0 Å². The van der Waals surface area contributed by atoms with Crippen molar-refractivity contribution in [3.63, 3.8) is 0 Å². The molecule has 0 amide bonds. The number of tetrazole rings is 1. The average Bonchev–Trinajstić information content (AvgIpc) is 2.77. The van der Waals surface area contributed by atoms with Crippen LogP contribution in [-0.4, -0.2) is 37.7 Å². The fraction of sp³-hybridized carbons (Fsp3) is 0.750. The zero-order valence-corrected chi connectivity index (χ0v) is 9.44. The summed E-state index contributed by atoms with van der Waals surface area (Å²) in [6, 6.07) is 0. The first-order valence-corrected chi connectivity index (χ1v) is 4.86. The zero-order valence-electron chi connectivity index (χ0n) is 9.44. The van der Waals surface area contributed by atoms with Crippen molar-refractivity contribution in [3.8, 4) is 0 Å². The number of carboxylic acids is 1. The number of nitrogens with zero attached hydrogens (tertiary/aromatic N) is 4. The third-order valence-electron chi connectivity index (χ3n) is 2.66. The smallest absolute Gasteiger partial charge is 0.367 e. The molecule has 1 heterocycles. The summed E-state index contributed by atoms with van der Waals surface area (Å²) in [6.07, 6.45) is -4.18. The van der Waals surface area contributed by atoms with E-state index in [0.29, 0.717) is 0 Å². The van der Waals surface area contributed by atoms with E-state index in [4.69, 9.17) is 5.11 Å². The first kappa shape index (κ1) is 14.3. The quantitative estimate of drug-likeness (QED) is 0.814. The summed E-state index contributed by atoms with van der Waals surface area (Å²) in [6.45, 7) is 2.46. The Hall–Kier alpha value is -1.74. The Morgan fingerprint density at radius 1 is 1.50 bits per heavy atom. The van der Waals surface area contributed by atoms with Crippen LogP contribution >= 0.6 is 0 Å². The maximum absolute atomic E-state index is 13.2. The minimum absolute atomic E-state index is 0.153. The molecule has 1 aromatic heterocycles. The second-order valence-corrected chi connectivity index (χ2v) is 3.77. The van der Waals surface area contributed by atoms with Crippen LogP contribution < -0.4 is 0 Å². The second kappa shape index (κ2) is 4.50. The van der Waals surface area contributed by atoms with Crippen LogP contribution in [0.4, 0.5) is 17.6 Å². The molecule has 1 unspecified atom stereocenters. The molecule has 0 radical (unpaired) electrons. The Morgan fingerprint density at radius 3 is 2.44 bits per heavy atom. The average molecular weight is 270 g/mol. The molecule has 0 bridgehead atoms. The van der Waals surface area contributed by atoms with Crippen LogP contribution in [0.25, 0.3) is 0 Å². The number of alkyl halides is 4. The van der Waals surface area contributed by atoms with E-state index in [1.807, 2.05) is 0 Å². The van der Waals surface area contributed by atoms with Gasteiger partial charge in [0, 0.05) is 0 Å². The topological polar surface area (TPSA) is 80.9 Å². The molecule has 0 fully saturated rings. The van der Waals surface area contributed by atoms with Gasteiger partial charge >= 0.3 is 18.3 Å². The molecule has 6 nitrogen and oxygen atoms in total. The minimum atomic E-state index is -4.62. The van der Waals surface area contributed by atoms with Gasteiger partial charge in [-0.3, -0.25) is 0 Å². The van der Waals surface area contributed by atoms with E-state index in [9.17, 15) is 22.4 Å². The second-order valence-electron chi connectivity index (χ2n) is 3.77. The van der Waals surface area contributed by atoms with Gasteiger partial charge in [-0.15, -0.1) is 5.10 Å². The van der Waals surface area contributed by atoms with E-state index in [0.717, 1.165) is 6.92 Å². The molecule has 1 aromatic rings. The SMILES string of the molecule is CCC(C)(C(=O)O)n1nnnc1C(F)(F)C(F)F. The molecule has 102 valence electrons. The predicted molar refractivity (Wildman–Crippen MR) is 49.3 cm³/mol. The molecule has 10 heteroatoms. The first-order valence-electron chi connectivity index (χ1n) is 4.86. The molecule has 0 aliphatic carbocycles. The lowest BCUT2D eigenvalue weighted by molar-refractivity contribution is -0.155. The molecular weight excluding hydrogens is 260 g/mol. The lowest BCUT2D eigenvalue weighted by Gasteiger charge is -2.25. The highest BCUT2D eigenvalue weighted by Crippen LogP contribution is 2.35. The lowest BCUT2D eigenvalue weighted by Crippen LogP contribution is -2.43. The highest BCUT2D eigenvalue weighted by molar-refractivity contribution is 5.76. The fourth-order valence-corrected chi connectivity index (χ4v) is 1.22. The van der Waals surface area contributed by atoms with Crippen molar-refractivity contribution < 1.29 is 27.5 Å². The van der Waals surface area contributed by atoms with Gasteiger partial charge in [-0.1, -0.05) is 6.92 Å². The summed E-state index contributed by atoms with van der Waals surface area (Å²) in [5.41, 5.74) is -1.92. The normalized spacial score (nSPS) is 15.7. The number of aliphatic carboxylic acids is 1. The Balaban J connectivity index is 3.38. The zero-order chi connectivity index (χ0) is 14.1. The van der Waals surface area contributed by atoms with Gasteiger partial charge in [0.25, 0.3) is 0 Å². The maximum atomic E-state index is 13.2. The van der Waals surface area contributed by atoms with Gasteiger partial charge in [-0.25, -0.2) is 18.3 Å². The minimum Gasteiger partial charge on any atom is -0.479 e. The Kier molecular flexibility index (Phi) is 3.58. The molecule has 0 saturated carbocycles. The van der Waals surface area contributed by atoms with Gasteiger partial charge in [0.05, 0.1) is 0 Å². The molecule has 0 aliphatic rings. The molecule has 18 heavy (non-hydrogen) atoms. The van der Waals surface area contributed by atoms with Crippen LogP contribution in [0.2, 0.25) is 0 Å². The van der Waals surface area contributed by atoms with E-state index in [-0.39, 0.29) is 11.1 Å². The van der Waals surface area contributed by atoms with Crippen molar-refractivity contribution in [1.82, 2.24) is 20.2 Å². The van der Waals surface area contributed by atoms with E-state index in [1.54, 1.807) is 0 Å². The summed E-state index contributed by atoms with van der Waals surface area (Å²) in [4.78, 5) is 11.1. The van der Waals surface area contributed by atoms with E-state index >= 15 is 0 Å². The van der Waals surface area contributed by atoms with Crippen LogP contribution in [0.15, 0.2) is 0 Å². The molecular formula is C8H10F4N4O2. The molecule has 0 aromatic carbocycles. The summed E-state index contributed by atoms with van der Waals surface area (Å²) in [5.74, 6) is -7.58. The van der Waals surface area contributed by atoms with Crippen LogP contribution in [0.5, 0.6) is 0 Å². The van der Waals surface area contributed by atoms with E-state index in [1.165, 1.54) is 6.92 Å². The van der Waals surface area contributed by atoms with Gasteiger partial charge in [-0.2, -0.15) is 8.78 Å². The van der Waals surface area contributed by atoms with Crippen LogP contribution in [0.3, 0.4) is 0 Å². The Bertz CT molecular complexity index is 450. The molecule has 0 spiro atoms. The van der Waals surface area contributed by atoms with Gasteiger partial charge in [0.2, 0.25) is 5.82 Å². The van der Waals surface area contributed by atoms with Gasteiger partial charge in [0.15, 0.2) is 5.54 Å². The van der Waals surface area contributed by atoms with Crippen molar-refractivity contribution in [2.45, 2.75) is 38.2 Å². The van der Waals surface area contributed by atoms with Gasteiger partial charge in [-0.05, 0) is 23.8 Å².